The van der Waals surface area contributed by atoms with Crippen molar-refractivity contribution in [3.63, 3.8) is 0 Å². The topological polar surface area (TPSA) is 251 Å². The average Bonchev–Trinajstić information content (AvgIpc) is 2.78. The summed E-state index contributed by atoms with van der Waals surface area (Å²) in [6, 6.07) is 0. The number of aliphatic hydroxyl groups is 8. The first-order valence-electron chi connectivity index (χ1n) is 10.0. The van der Waals surface area contributed by atoms with Crippen molar-refractivity contribution in [2.24, 2.45) is 5.73 Å². The van der Waals surface area contributed by atoms with Gasteiger partial charge in [0, 0.05) is 0 Å². The van der Waals surface area contributed by atoms with E-state index in [1.807, 2.05) is 0 Å². The molecule has 33 heavy (non-hydrogen) atoms. The van der Waals surface area contributed by atoms with Gasteiger partial charge in [0.05, 0.1) is 13.2 Å². The van der Waals surface area contributed by atoms with E-state index >= 15 is 0 Å². The third-order valence-electron chi connectivity index (χ3n) is 5.20. The first kappa shape index (κ1) is 27.8. The first-order chi connectivity index (χ1) is 15.5. The van der Waals surface area contributed by atoms with E-state index in [9.17, 15) is 45.6 Å². The minimum atomic E-state index is -1.92. The predicted octanol–water partition coefficient (Wildman–Crippen LogP) is -5.36. The lowest BCUT2D eigenvalue weighted by molar-refractivity contribution is -0.367. The van der Waals surface area contributed by atoms with Crippen LogP contribution in [0.15, 0.2) is 12.7 Å². The Kier molecular flexibility index (Phi) is 10.3. The van der Waals surface area contributed by atoms with E-state index < -0.39 is 92.9 Å². The normalized spacial score (nSPS) is 41.2. The summed E-state index contributed by atoms with van der Waals surface area (Å²) in [6.07, 6.45) is -20.5. The SMILES string of the molecule is C=CCO[C@@H]1O[C@H]([C@@H](O)CO)[C@@H](O)[C@H](O[C@H]2O[C@H]([C@@H](O)COC(N)=O)[C@@H](O)[C@H](O)[C@@H]2O)[C@@H]1O. The summed E-state index contributed by atoms with van der Waals surface area (Å²) < 4.78 is 25.8. The maximum atomic E-state index is 10.7. The predicted molar refractivity (Wildman–Crippen MR) is 103 cm³/mol. The van der Waals surface area contributed by atoms with Gasteiger partial charge in [-0.05, 0) is 0 Å². The van der Waals surface area contributed by atoms with Crippen molar-refractivity contribution in [2.45, 2.75) is 73.6 Å². The van der Waals surface area contributed by atoms with E-state index in [0.29, 0.717) is 0 Å². The molecule has 2 heterocycles. The molecule has 1 amide bonds. The monoisotopic (exact) mass is 485 g/mol. The van der Waals surface area contributed by atoms with Crippen LogP contribution < -0.4 is 5.73 Å². The molecule has 192 valence electrons. The third-order valence-corrected chi connectivity index (χ3v) is 5.20. The molecule has 15 nitrogen and oxygen atoms in total. The highest BCUT2D eigenvalue weighted by Gasteiger charge is 2.53. The maximum Gasteiger partial charge on any atom is 0.404 e. The summed E-state index contributed by atoms with van der Waals surface area (Å²) in [4.78, 5) is 10.7. The Morgan fingerprint density at radius 2 is 1.55 bits per heavy atom. The van der Waals surface area contributed by atoms with E-state index in [-0.39, 0.29) is 6.61 Å². The van der Waals surface area contributed by atoms with Crippen LogP contribution in [0.1, 0.15) is 0 Å². The molecular formula is C18H31NO14. The Bertz CT molecular complexity index is 639. The second-order valence-corrected chi connectivity index (χ2v) is 7.56. The summed E-state index contributed by atoms with van der Waals surface area (Å²) in [7, 11) is 0. The van der Waals surface area contributed by atoms with Crippen LogP contribution in [-0.2, 0) is 23.7 Å². The Hall–Kier alpha value is -1.47. The first-order valence-corrected chi connectivity index (χ1v) is 10.0. The molecule has 0 bridgehead atoms. The number of amides is 1. The van der Waals surface area contributed by atoms with Crippen LogP contribution in [0, 0.1) is 0 Å². The quantitative estimate of drug-likeness (QED) is 0.131. The smallest absolute Gasteiger partial charge is 0.404 e. The van der Waals surface area contributed by atoms with Crippen LogP contribution in [0.25, 0.3) is 0 Å². The lowest BCUT2D eigenvalue weighted by Crippen LogP contribution is -2.66. The van der Waals surface area contributed by atoms with E-state index in [1.54, 1.807) is 0 Å². The molecular weight excluding hydrogens is 454 g/mol. The summed E-state index contributed by atoms with van der Waals surface area (Å²) >= 11 is 0. The lowest BCUT2D eigenvalue weighted by atomic mass is 9.93. The molecule has 0 aliphatic carbocycles. The Morgan fingerprint density at radius 1 is 0.939 bits per heavy atom. The van der Waals surface area contributed by atoms with E-state index in [2.05, 4.69) is 11.3 Å². The number of carbonyl (C=O) groups excluding carboxylic acids is 1. The molecule has 15 heteroatoms. The summed E-state index contributed by atoms with van der Waals surface area (Å²) in [5, 5.41) is 81.0. The standard InChI is InChI=1S/C18H31NO14/c1-2-3-29-16-12(27)15(11(26)13(31-16)6(21)4-20)33-17-10(25)8(23)9(24)14(32-17)7(22)5-30-18(19)28/h2,6-17,20-27H,1,3-5H2,(H2,19,28)/t6-,7-,8-,9-,10-,11+,12-,13+,14+,15-,16+,17+/m0/s1. The lowest BCUT2D eigenvalue weighted by Gasteiger charge is -2.47. The number of hydrogen-bond donors (Lipinski definition) is 9. The minimum Gasteiger partial charge on any atom is -0.447 e. The molecule has 0 saturated carbocycles. The number of rotatable bonds is 10. The zero-order valence-corrected chi connectivity index (χ0v) is 17.4. The fourth-order valence-corrected chi connectivity index (χ4v) is 3.46. The molecule has 10 N–H and O–H groups in total. The van der Waals surface area contributed by atoms with Gasteiger partial charge in [-0.15, -0.1) is 6.58 Å². The zero-order valence-electron chi connectivity index (χ0n) is 17.4. The molecule has 2 saturated heterocycles. The van der Waals surface area contributed by atoms with E-state index in [0.717, 1.165) is 0 Å². The number of aliphatic hydroxyl groups excluding tert-OH is 8. The molecule has 2 rings (SSSR count). The zero-order chi connectivity index (χ0) is 24.9. The molecule has 0 aromatic heterocycles. The second kappa shape index (κ2) is 12.3. The van der Waals surface area contributed by atoms with Gasteiger partial charge in [-0.25, -0.2) is 4.79 Å². The van der Waals surface area contributed by atoms with Crippen LogP contribution in [0.5, 0.6) is 0 Å². The highest BCUT2D eigenvalue weighted by Crippen LogP contribution is 2.31. The summed E-state index contributed by atoms with van der Waals surface area (Å²) in [5.74, 6) is 0. The number of carbonyl (C=O) groups is 1. The Morgan fingerprint density at radius 3 is 2.12 bits per heavy atom. The molecule has 0 spiro atoms. The molecule has 12 atom stereocenters. The van der Waals surface area contributed by atoms with Gasteiger partial charge in [0.25, 0.3) is 0 Å². The van der Waals surface area contributed by atoms with Gasteiger partial charge in [0.15, 0.2) is 12.6 Å². The van der Waals surface area contributed by atoms with Crippen LogP contribution in [0.2, 0.25) is 0 Å². The number of hydrogen-bond acceptors (Lipinski definition) is 14. The molecule has 0 aromatic carbocycles. The van der Waals surface area contributed by atoms with Gasteiger partial charge in [0.1, 0.15) is 67.6 Å². The van der Waals surface area contributed by atoms with Gasteiger partial charge < -0.3 is 70.3 Å². The largest absolute Gasteiger partial charge is 0.447 e. The van der Waals surface area contributed by atoms with Gasteiger partial charge in [-0.2, -0.15) is 0 Å². The highest BCUT2D eigenvalue weighted by molar-refractivity contribution is 5.64. The van der Waals surface area contributed by atoms with E-state index in [4.69, 9.17) is 24.7 Å². The fraction of sp³-hybridized carbons (Fsp3) is 0.833. The average molecular weight is 485 g/mol. The molecule has 2 fully saturated rings. The van der Waals surface area contributed by atoms with Crippen LogP contribution >= 0.6 is 0 Å². The van der Waals surface area contributed by atoms with Crippen molar-refractivity contribution in [1.82, 2.24) is 0 Å². The summed E-state index contributed by atoms with van der Waals surface area (Å²) in [6.45, 7) is 1.80. The number of primary amides is 1. The Balaban J connectivity index is 2.21. The van der Waals surface area contributed by atoms with Crippen molar-refractivity contribution < 1.29 is 69.3 Å². The van der Waals surface area contributed by atoms with Crippen LogP contribution in [0.3, 0.4) is 0 Å². The van der Waals surface area contributed by atoms with Crippen molar-refractivity contribution in [3.05, 3.63) is 12.7 Å². The fourth-order valence-electron chi connectivity index (χ4n) is 3.46. The number of nitrogens with two attached hydrogens (primary N) is 1. The van der Waals surface area contributed by atoms with Gasteiger partial charge in [0.2, 0.25) is 0 Å². The van der Waals surface area contributed by atoms with E-state index in [1.165, 1.54) is 6.08 Å². The third kappa shape index (κ3) is 6.56. The van der Waals surface area contributed by atoms with Gasteiger partial charge >= 0.3 is 6.09 Å². The van der Waals surface area contributed by atoms with Gasteiger partial charge in [-0.3, -0.25) is 0 Å². The van der Waals surface area contributed by atoms with Crippen molar-refractivity contribution in [3.8, 4) is 0 Å². The molecule has 2 aliphatic heterocycles. The van der Waals surface area contributed by atoms with Crippen molar-refractivity contribution in [2.75, 3.05) is 19.8 Å². The molecule has 0 radical (unpaired) electrons. The minimum absolute atomic E-state index is 0.103. The number of ether oxygens (including phenoxy) is 5. The highest BCUT2D eigenvalue weighted by atomic mass is 16.7. The molecule has 0 aromatic rings. The maximum absolute atomic E-state index is 10.7. The molecule has 2 aliphatic rings. The van der Waals surface area contributed by atoms with Crippen molar-refractivity contribution in [1.29, 1.82) is 0 Å². The molecule has 0 unspecified atom stereocenters. The van der Waals surface area contributed by atoms with Crippen molar-refractivity contribution >= 4 is 6.09 Å². The van der Waals surface area contributed by atoms with Gasteiger partial charge in [-0.1, -0.05) is 6.08 Å². The second-order valence-electron chi connectivity index (χ2n) is 7.56. The summed E-state index contributed by atoms with van der Waals surface area (Å²) in [5.41, 5.74) is 4.82. The Labute approximate surface area is 188 Å². The van der Waals surface area contributed by atoms with Crippen LogP contribution in [-0.4, -0.2) is 140 Å². The van der Waals surface area contributed by atoms with Crippen LogP contribution in [0.4, 0.5) is 4.79 Å².